The molecular formula is C9H19NO2. The fraction of sp³-hybridized carbons (Fsp3) is 0.889. The standard InChI is InChI=1S/C9H19NO2/c1-7(2)5-4-6-9(3,10)8(11)12/h7H,4-6,10H2,1-3H3,(H,11,12)/t9-/m0/s1. The number of hydrogen-bond donors (Lipinski definition) is 2. The highest BCUT2D eigenvalue weighted by Crippen LogP contribution is 2.14. The van der Waals surface area contributed by atoms with E-state index in [1.807, 2.05) is 0 Å². The number of carbonyl (C=O) groups is 1. The summed E-state index contributed by atoms with van der Waals surface area (Å²) in [5, 5.41) is 8.68. The molecule has 0 spiro atoms. The number of hydrogen-bond acceptors (Lipinski definition) is 2. The van der Waals surface area contributed by atoms with Gasteiger partial charge >= 0.3 is 5.97 Å². The first-order chi connectivity index (χ1) is 5.36. The third kappa shape index (κ3) is 4.34. The predicted octanol–water partition coefficient (Wildman–Crippen LogP) is 1.61. The Morgan fingerprint density at radius 1 is 1.58 bits per heavy atom. The van der Waals surface area contributed by atoms with Crippen LogP contribution in [0.25, 0.3) is 0 Å². The first kappa shape index (κ1) is 11.4. The highest BCUT2D eigenvalue weighted by atomic mass is 16.4. The monoisotopic (exact) mass is 173 g/mol. The van der Waals surface area contributed by atoms with Crippen LogP contribution in [0.1, 0.15) is 40.0 Å². The van der Waals surface area contributed by atoms with Crippen LogP contribution in [0.5, 0.6) is 0 Å². The molecule has 0 aromatic carbocycles. The molecule has 0 bridgehead atoms. The average molecular weight is 173 g/mol. The van der Waals surface area contributed by atoms with Gasteiger partial charge in [-0.2, -0.15) is 0 Å². The summed E-state index contributed by atoms with van der Waals surface area (Å²) in [6, 6.07) is 0. The minimum atomic E-state index is -1.05. The second-order valence-electron chi connectivity index (χ2n) is 4.01. The summed E-state index contributed by atoms with van der Waals surface area (Å²) in [5.74, 6) is -0.291. The average Bonchev–Trinajstić information content (AvgIpc) is 1.85. The van der Waals surface area contributed by atoms with Crippen molar-refractivity contribution in [1.82, 2.24) is 0 Å². The maximum absolute atomic E-state index is 10.6. The molecule has 0 radical (unpaired) electrons. The Morgan fingerprint density at radius 3 is 2.42 bits per heavy atom. The van der Waals surface area contributed by atoms with Crippen molar-refractivity contribution >= 4 is 5.97 Å². The third-order valence-corrected chi connectivity index (χ3v) is 1.97. The highest BCUT2D eigenvalue weighted by molar-refractivity contribution is 5.77. The van der Waals surface area contributed by atoms with Gasteiger partial charge in [0, 0.05) is 0 Å². The van der Waals surface area contributed by atoms with Crippen molar-refractivity contribution in [2.24, 2.45) is 11.7 Å². The Bertz CT molecular complexity index is 153. The maximum atomic E-state index is 10.6. The topological polar surface area (TPSA) is 63.3 Å². The second-order valence-corrected chi connectivity index (χ2v) is 4.01. The molecule has 0 aliphatic carbocycles. The van der Waals surface area contributed by atoms with Gasteiger partial charge in [0.2, 0.25) is 0 Å². The zero-order valence-corrected chi connectivity index (χ0v) is 8.13. The molecule has 72 valence electrons. The lowest BCUT2D eigenvalue weighted by molar-refractivity contribution is -0.142. The number of aliphatic carboxylic acids is 1. The molecule has 0 rings (SSSR count). The van der Waals surface area contributed by atoms with Crippen LogP contribution < -0.4 is 5.73 Å². The molecule has 0 aromatic heterocycles. The summed E-state index contributed by atoms with van der Waals surface area (Å²) in [5.41, 5.74) is 4.50. The number of nitrogens with two attached hydrogens (primary N) is 1. The Kier molecular flexibility index (Phi) is 4.24. The molecule has 3 N–H and O–H groups in total. The summed E-state index contributed by atoms with van der Waals surface area (Å²) < 4.78 is 0. The molecule has 0 aliphatic heterocycles. The van der Waals surface area contributed by atoms with Crippen LogP contribution in [0.2, 0.25) is 0 Å². The van der Waals surface area contributed by atoms with Crippen molar-refractivity contribution in [3.8, 4) is 0 Å². The lowest BCUT2D eigenvalue weighted by atomic mass is 9.94. The van der Waals surface area contributed by atoms with Gasteiger partial charge in [-0.3, -0.25) is 4.79 Å². The Labute approximate surface area is 74.0 Å². The van der Waals surface area contributed by atoms with Crippen molar-refractivity contribution in [3.63, 3.8) is 0 Å². The minimum Gasteiger partial charge on any atom is -0.480 e. The summed E-state index contributed by atoms with van der Waals surface area (Å²) in [6.45, 7) is 5.80. The molecule has 0 heterocycles. The van der Waals surface area contributed by atoms with Crippen LogP contribution in [0.4, 0.5) is 0 Å². The molecule has 0 saturated carbocycles. The van der Waals surface area contributed by atoms with Gasteiger partial charge in [-0.25, -0.2) is 0 Å². The smallest absolute Gasteiger partial charge is 0.323 e. The first-order valence-electron chi connectivity index (χ1n) is 4.38. The van der Waals surface area contributed by atoms with Gasteiger partial charge in [-0.1, -0.05) is 26.7 Å². The zero-order valence-electron chi connectivity index (χ0n) is 8.13. The van der Waals surface area contributed by atoms with Crippen molar-refractivity contribution in [2.45, 2.75) is 45.6 Å². The van der Waals surface area contributed by atoms with E-state index < -0.39 is 11.5 Å². The van der Waals surface area contributed by atoms with Crippen LogP contribution in [0.15, 0.2) is 0 Å². The van der Waals surface area contributed by atoms with Crippen LogP contribution in [-0.2, 0) is 4.79 Å². The lowest BCUT2D eigenvalue weighted by Crippen LogP contribution is -2.44. The number of carboxylic acid groups (broad SMARTS) is 1. The van der Waals surface area contributed by atoms with E-state index in [1.54, 1.807) is 6.92 Å². The first-order valence-corrected chi connectivity index (χ1v) is 4.38. The van der Waals surface area contributed by atoms with Crippen molar-refractivity contribution in [3.05, 3.63) is 0 Å². The fourth-order valence-corrected chi connectivity index (χ4v) is 0.984. The molecule has 0 aromatic rings. The summed E-state index contributed by atoms with van der Waals surface area (Å²) in [4.78, 5) is 10.6. The van der Waals surface area contributed by atoms with Crippen molar-refractivity contribution in [2.75, 3.05) is 0 Å². The van der Waals surface area contributed by atoms with E-state index in [9.17, 15) is 4.79 Å². The molecule has 0 amide bonds. The number of rotatable bonds is 5. The quantitative estimate of drug-likeness (QED) is 0.664. The van der Waals surface area contributed by atoms with Crippen LogP contribution in [0, 0.1) is 5.92 Å². The predicted molar refractivity (Wildman–Crippen MR) is 48.9 cm³/mol. The van der Waals surface area contributed by atoms with Gasteiger partial charge in [0.05, 0.1) is 0 Å². The van der Waals surface area contributed by atoms with Gasteiger partial charge in [-0.05, 0) is 19.3 Å². The maximum Gasteiger partial charge on any atom is 0.323 e. The Hall–Kier alpha value is -0.570. The van der Waals surface area contributed by atoms with E-state index in [2.05, 4.69) is 13.8 Å². The Balaban J connectivity index is 3.69. The van der Waals surface area contributed by atoms with E-state index in [0.29, 0.717) is 12.3 Å². The van der Waals surface area contributed by atoms with Gasteiger partial charge in [0.15, 0.2) is 0 Å². The minimum absolute atomic E-state index is 0.556. The summed E-state index contributed by atoms with van der Waals surface area (Å²) >= 11 is 0. The molecule has 0 aliphatic rings. The number of carboxylic acids is 1. The van der Waals surface area contributed by atoms with E-state index in [0.717, 1.165) is 12.8 Å². The molecule has 1 atom stereocenters. The Morgan fingerprint density at radius 2 is 2.08 bits per heavy atom. The van der Waals surface area contributed by atoms with E-state index in [-0.39, 0.29) is 0 Å². The molecule has 12 heavy (non-hydrogen) atoms. The van der Waals surface area contributed by atoms with Crippen molar-refractivity contribution in [1.29, 1.82) is 0 Å². The molecule has 0 saturated heterocycles. The van der Waals surface area contributed by atoms with Gasteiger partial charge in [0.1, 0.15) is 5.54 Å². The van der Waals surface area contributed by atoms with E-state index in [4.69, 9.17) is 10.8 Å². The zero-order chi connectivity index (χ0) is 9.78. The van der Waals surface area contributed by atoms with Crippen molar-refractivity contribution < 1.29 is 9.90 Å². The molecule has 0 fully saturated rings. The SMILES string of the molecule is CC(C)CCC[C@](C)(N)C(=O)O. The third-order valence-electron chi connectivity index (χ3n) is 1.97. The van der Waals surface area contributed by atoms with E-state index >= 15 is 0 Å². The van der Waals surface area contributed by atoms with E-state index in [1.165, 1.54) is 0 Å². The molecular weight excluding hydrogens is 154 g/mol. The van der Waals surface area contributed by atoms with Gasteiger partial charge < -0.3 is 10.8 Å². The largest absolute Gasteiger partial charge is 0.480 e. The summed E-state index contributed by atoms with van der Waals surface area (Å²) in [6.07, 6.45) is 2.48. The molecule has 3 nitrogen and oxygen atoms in total. The van der Waals surface area contributed by atoms with Crippen LogP contribution in [-0.4, -0.2) is 16.6 Å². The molecule has 0 unspecified atom stereocenters. The van der Waals surface area contributed by atoms with Gasteiger partial charge in [-0.15, -0.1) is 0 Å². The summed E-state index contributed by atoms with van der Waals surface area (Å²) in [7, 11) is 0. The molecule has 3 heteroatoms. The lowest BCUT2D eigenvalue weighted by Gasteiger charge is -2.19. The fourth-order valence-electron chi connectivity index (χ4n) is 0.984. The van der Waals surface area contributed by atoms with Crippen LogP contribution >= 0.6 is 0 Å². The highest BCUT2D eigenvalue weighted by Gasteiger charge is 2.26. The second kappa shape index (κ2) is 4.45. The normalized spacial score (nSPS) is 16.1. The van der Waals surface area contributed by atoms with Crippen LogP contribution in [0.3, 0.4) is 0 Å². The van der Waals surface area contributed by atoms with Gasteiger partial charge in [0.25, 0.3) is 0 Å².